The van der Waals surface area contributed by atoms with E-state index in [9.17, 15) is 8.42 Å². The Morgan fingerprint density at radius 2 is 2.19 bits per heavy atom. The first-order valence-corrected chi connectivity index (χ1v) is 7.21. The third kappa shape index (κ3) is 3.02. The van der Waals surface area contributed by atoms with Gasteiger partial charge in [-0.2, -0.15) is 0 Å². The summed E-state index contributed by atoms with van der Waals surface area (Å²) in [5, 5.41) is 7.32. The summed E-state index contributed by atoms with van der Waals surface area (Å²) < 4.78 is 27.8. The Labute approximate surface area is 104 Å². The molecule has 1 N–H and O–H groups in total. The predicted octanol–water partition coefficient (Wildman–Crippen LogP) is 0.902. The Hall–Kier alpha value is -0.470. The molecule has 8 heteroatoms. The van der Waals surface area contributed by atoms with E-state index in [2.05, 4.69) is 31.0 Å². The Balaban J connectivity index is 2.87. The van der Waals surface area contributed by atoms with Gasteiger partial charge in [-0.05, 0) is 21.8 Å². The maximum absolute atomic E-state index is 11.9. The number of aryl methyl sites for hydroxylation is 1. The second-order valence-electron chi connectivity index (χ2n) is 3.67. The normalized spacial score (nSPS) is 14.0. The minimum atomic E-state index is -3.54. The Kier molecular flexibility index (Phi) is 4.45. The van der Waals surface area contributed by atoms with Crippen LogP contribution in [0.5, 0.6) is 0 Å². The van der Waals surface area contributed by atoms with E-state index >= 15 is 0 Å². The van der Waals surface area contributed by atoms with Crippen molar-refractivity contribution < 1.29 is 8.42 Å². The van der Waals surface area contributed by atoms with Gasteiger partial charge in [0.1, 0.15) is 0 Å². The van der Waals surface area contributed by atoms with Gasteiger partial charge in [-0.1, -0.05) is 25.5 Å². The van der Waals surface area contributed by atoms with E-state index in [-0.39, 0.29) is 9.63 Å². The first-order chi connectivity index (χ1) is 7.38. The third-order valence-corrected chi connectivity index (χ3v) is 4.62. The highest BCUT2D eigenvalue weighted by Crippen LogP contribution is 2.17. The summed E-state index contributed by atoms with van der Waals surface area (Å²) in [7, 11) is -2.01. The molecule has 0 aliphatic carbocycles. The first-order valence-electron chi connectivity index (χ1n) is 4.93. The van der Waals surface area contributed by atoms with Crippen LogP contribution in [0.25, 0.3) is 0 Å². The molecule has 1 rings (SSSR count). The van der Waals surface area contributed by atoms with Crippen LogP contribution in [0.1, 0.15) is 20.3 Å². The molecule has 1 heterocycles. The van der Waals surface area contributed by atoms with E-state index in [0.717, 1.165) is 6.42 Å². The van der Waals surface area contributed by atoms with Crippen molar-refractivity contribution in [2.75, 3.05) is 6.54 Å². The van der Waals surface area contributed by atoms with Crippen molar-refractivity contribution in [2.45, 2.75) is 25.3 Å². The van der Waals surface area contributed by atoms with Gasteiger partial charge in [0, 0.05) is 13.6 Å². The summed E-state index contributed by atoms with van der Waals surface area (Å²) in [6, 6.07) is 0. The molecule has 0 spiro atoms. The lowest BCUT2D eigenvalue weighted by molar-refractivity contribution is 0.520. The van der Waals surface area contributed by atoms with Crippen LogP contribution < -0.4 is 4.72 Å². The second-order valence-corrected chi connectivity index (χ2v) is 6.11. The number of nitrogens with one attached hydrogen (secondary N) is 1. The highest BCUT2D eigenvalue weighted by atomic mass is 79.9. The number of hydrogen-bond acceptors (Lipinski definition) is 4. The van der Waals surface area contributed by atoms with Gasteiger partial charge in [0.15, 0.2) is 4.60 Å². The molecular weight excluding hydrogens is 296 g/mol. The van der Waals surface area contributed by atoms with Crippen LogP contribution >= 0.6 is 15.9 Å². The van der Waals surface area contributed by atoms with Gasteiger partial charge in [-0.25, -0.2) is 17.8 Å². The number of sulfonamides is 1. The summed E-state index contributed by atoms with van der Waals surface area (Å²) in [6.07, 6.45) is 0.924. The molecule has 0 aliphatic rings. The van der Waals surface area contributed by atoms with Gasteiger partial charge in [-0.15, -0.1) is 5.10 Å². The lowest BCUT2D eigenvalue weighted by Crippen LogP contribution is -2.30. The van der Waals surface area contributed by atoms with Crippen molar-refractivity contribution in [1.82, 2.24) is 19.7 Å². The molecule has 0 radical (unpaired) electrons. The maximum Gasteiger partial charge on any atom is 0.260 e. The summed E-state index contributed by atoms with van der Waals surface area (Å²) in [6.45, 7) is 4.41. The zero-order valence-electron chi connectivity index (χ0n) is 9.44. The molecule has 0 fully saturated rings. The summed E-state index contributed by atoms with van der Waals surface area (Å²) >= 11 is 3.06. The number of rotatable bonds is 5. The molecule has 92 valence electrons. The predicted molar refractivity (Wildman–Crippen MR) is 63.3 cm³/mol. The van der Waals surface area contributed by atoms with E-state index in [1.54, 1.807) is 0 Å². The van der Waals surface area contributed by atoms with E-state index < -0.39 is 10.0 Å². The highest BCUT2D eigenvalue weighted by molar-refractivity contribution is 9.10. The van der Waals surface area contributed by atoms with Crippen LogP contribution in [-0.4, -0.2) is 30.0 Å². The average molecular weight is 311 g/mol. The topological polar surface area (TPSA) is 76.9 Å². The van der Waals surface area contributed by atoms with Crippen molar-refractivity contribution in [3.8, 4) is 0 Å². The molecule has 1 aromatic heterocycles. The molecule has 0 aromatic carbocycles. The quantitative estimate of drug-likeness (QED) is 0.876. The molecule has 1 atom stereocenters. The van der Waals surface area contributed by atoms with Crippen molar-refractivity contribution in [2.24, 2.45) is 13.0 Å². The van der Waals surface area contributed by atoms with Crippen LogP contribution in [0.4, 0.5) is 0 Å². The minimum Gasteiger partial charge on any atom is -0.235 e. The molecule has 0 saturated heterocycles. The molecule has 0 amide bonds. The smallest absolute Gasteiger partial charge is 0.235 e. The van der Waals surface area contributed by atoms with E-state index in [1.165, 1.54) is 11.7 Å². The number of nitrogens with zero attached hydrogens (tertiary/aromatic N) is 3. The fraction of sp³-hybridized carbons (Fsp3) is 0.750. The lowest BCUT2D eigenvalue weighted by atomic mass is 10.1. The fourth-order valence-electron chi connectivity index (χ4n) is 1.07. The van der Waals surface area contributed by atoms with Gasteiger partial charge >= 0.3 is 0 Å². The fourth-order valence-corrected chi connectivity index (χ4v) is 3.33. The largest absolute Gasteiger partial charge is 0.260 e. The second kappa shape index (κ2) is 5.24. The van der Waals surface area contributed by atoms with Gasteiger partial charge < -0.3 is 0 Å². The summed E-state index contributed by atoms with van der Waals surface area (Å²) in [4.78, 5) is 0. The Bertz CT molecular complexity index is 437. The Morgan fingerprint density at radius 1 is 1.56 bits per heavy atom. The highest BCUT2D eigenvalue weighted by Gasteiger charge is 2.23. The first kappa shape index (κ1) is 13.6. The van der Waals surface area contributed by atoms with E-state index in [4.69, 9.17) is 0 Å². The molecule has 1 aromatic rings. The Morgan fingerprint density at radius 3 is 2.62 bits per heavy atom. The number of halogens is 1. The van der Waals surface area contributed by atoms with Crippen molar-refractivity contribution >= 4 is 26.0 Å². The minimum absolute atomic E-state index is 0.0517. The van der Waals surface area contributed by atoms with Crippen LogP contribution in [0, 0.1) is 5.92 Å². The lowest BCUT2D eigenvalue weighted by Gasteiger charge is -2.10. The van der Waals surface area contributed by atoms with Crippen LogP contribution in [0.2, 0.25) is 0 Å². The van der Waals surface area contributed by atoms with Crippen LogP contribution in [0.15, 0.2) is 9.63 Å². The molecule has 0 bridgehead atoms. The molecule has 0 aliphatic heterocycles. The standard InChI is InChI=1S/C8H15BrN4O2S/c1-4-6(2)5-10-16(14,15)8-7(9)11-12-13(8)3/h6,10H,4-5H2,1-3H3. The average Bonchev–Trinajstić information content (AvgIpc) is 2.55. The zero-order chi connectivity index (χ0) is 12.3. The van der Waals surface area contributed by atoms with Gasteiger partial charge in [-0.3, -0.25) is 0 Å². The van der Waals surface area contributed by atoms with E-state index in [0.29, 0.717) is 12.5 Å². The van der Waals surface area contributed by atoms with Gasteiger partial charge in [0.25, 0.3) is 10.0 Å². The van der Waals surface area contributed by atoms with Crippen molar-refractivity contribution in [1.29, 1.82) is 0 Å². The number of hydrogen-bond donors (Lipinski definition) is 1. The maximum atomic E-state index is 11.9. The van der Waals surface area contributed by atoms with Gasteiger partial charge in [0.05, 0.1) is 0 Å². The van der Waals surface area contributed by atoms with Crippen LogP contribution in [-0.2, 0) is 17.1 Å². The molecule has 6 nitrogen and oxygen atoms in total. The summed E-state index contributed by atoms with van der Waals surface area (Å²) in [5.74, 6) is 0.301. The molecule has 1 unspecified atom stereocenters. The SMILES string of the molecule is CCC(C)CNS(=O)(=O)c1c(Br)nnn1C. The zero-order valence-corrected chi connectivity index (χ0v) is 11.8. The summed E-state index contributed by atoms with van der Waals surface area (Å²) in [5.41, 5.74) is 0. The van der Waals surface area contributed by atoms with E-state index in [1.807, 2.05) is 13.8 Å². The van der Waals surface area contributed by atoms with Crippen molar-refractivity contribution in [3.63, 3.8) is 0 Å². The molecule has 16 heavy (non-hydrogen) atoms. The number of aromatic nitrogens is 3. The monoisotopic (exact) mass is 310 g/mol. The van der Waals surface area contributed by atoms with Crippen LogP contribution in [0.3, 0.4) is 0 Å². The molecule has 0 saturated carbocycles. The van der Waals surface area contributed by atoms with Crippen molar-refractivity contribution in [3.05, 3.63) is 4.60 Å². The van der Waals surface area contributed by atoms with Gasteiger partial charge in [0.2, 0.25) is 5.03 Å². The third-order valence-electron chi connectivity index (χ3n) is 2.31. The molecular formula is C8H15BrN4O2S.